The third-order valence-corrected chi connectivity index (χ3v) is 9.41. The minimum absolute atomic E-state index is 0.00248. The highest BCUT2D eigenvalue weighted by atomic mass is 32.2. The third-order valence-electron chi connectivity index (χ3n) is 7.90. The molecule has 4 aliphatic heterocycles. The average molecular weight is 548 g/mol. The van der Waals surface area contributed by atoms with E-state index in [9.17, 15) is 24.3 Å². The molecule has 0 aliphatic carbocycles. The topological polar surface area (TPSA) is 189 Å². The minimum Gasteiger partial charge on any atom is -0.477 e. The number of carboxylic acids is 1. The summed E-state index contributed by atoms with van der Waals surface area (Å²) in [6.07, 6.45) is 2.95. The van der Waals surface area contributed by atoms with Crippen molar-refractivity contribution in [2.24, 2.45) is 17.6 Å². The van der Waals surface area contributed by atoms with E-state index in [-0.39, 0.29) is 59.1 Å². The molecule has 4 aliphatic rings. The van der Waals surface area contributed by atoms with Gasteiger partial charge in [0.2, 0.25) is 17.7 Å². The van der Waals surface area contributed by atoms with Gasteiger partial charge in [0.15, 0.2) is 0 Å². The number of thioether (sulfide) groups is 1. The molecule has 0 spiro atoms. The van der Waals surface area contributed by atoms with Crippen molar-refractivity contribution < 1.29 is 24.3 Å². The number of aryl methyl sites for hydroxylation is 1. The molecule has 1 unspecified atom stereocenters. The summed E-state index contributed by atoms with van der Waals surface area (Å²) >= 11 is 1.45. The van der Waals surface area contributed by atoms with E-state index in [0.717, 1.165) is 6.42 Å². The predicted molar refractivity (Wildman–Crippen MR) is 135 cm³/mol. The van der Waals surface area contributed by atoms with Crippen LogP contribution < -0.4 is 16.4 Å². The molecular weight excluding hydrogens is 514 g/mol. The van der Waals surface area contributed by atoms with Crippen molar-refractivity contribution >= 4 is 35.5 Å². The standard InChI is InChI=1S/C23H33N9O5S/c1-11-18-17(12(2)27-16(33)4-6-31-10-26-28-29-31)22(35)32(18)19(23(36)37)20(11)38-14-7-15(25-8-14)21(34)30-5-3-13(24)9-30/h10-15,17-18,25H,3-9,24H2,1-2H3,(H,27,33)(H,36,37)/t11-,12?,13-,14+,15+,17-,18-/m1/s1. The van der Waals surface area contributed by atoms with Crippen LogP contribution in [0.25, 0.3) is 0 Å². The molecular formula is C23H33N9O5S. The fourth-order valence-electron chi connectivity index (χ4n) is 5.98. The summed E-state index contributed by atoms with van der Waals surface area (Å²) in [4.78, 5) is 54.6. The second-order valence-corrected chi connectivity index (χ2v) is 11.8. The Morgan fingerprint density at radius 2 is 2.16 bits per heavy atom. The zero-order chi connectivity index (χ0) is 27.1. The Morgan fingerprint density at radius 3 is 2.82 bits per heavy atom. The van der Waals surface area contributed by atoms with Crippen molar-refractivity contribution in [3.05, 3.63) is 16.9 Å². The summed E-state index contributed by atoms with van der Waals surface area (Å²) in [5, 5.41) is 27.0. The second kappa shape index (κ2) is 10.6. The number of carbonyl (C=O) groups is 4. The highest BCUT2D eigenvalue weighted by molar-refractivity contribution is 8.03. The lowest BCUT2D eigenvalue weighted by molar-refractivity contribution is -0.158. The van der Waals surface area contributed by atoms with Crippen LogP contribution in [0.4, 0.5) is 0 Å². The van der Waals surface area contributed by atoms with Crippen molar-refractivity contribution in [3.8, 4) is 0 Å². The van der Waals surface area contributed by atoms with Crippen LogP contribution in [0.2, 0.25) is 0 Å². The molecule has 0 aromatic carbocycles. The molecule has 5 heterocycles. The minimum atomic E-state index is -1.14. The SMILES string of the molecule is CC(NC(=O)CCn1cnnn1)[C@H]1C(=O)N2C(C(=O)O)=C(S[C@@H]3CN[C@H](C(=O)N4CC[C@@H](N)C4)C3)[C@H](C)[C@H]12. The molecule has 0 saturated carbocycles. The smallest absolute Gasteiger partial charge is 0.353 e. The lowest BCUT2D eigenvalue weighted by Crippen LogP contribution is -2.66. The van der Waals surface area contributed by atoms with E-state index >= 15 is 0 Å². The van der Waals surface area contributed by atoms with E-state index in [4.69, 9.17) is 5.73 Å². The van der Waals surface area contributed by atoms with Crippen LogP contribution in [0.15, 0.2) is 16.9 Å². The normalized spacial score (nSPS) is 31.4. The molecule has 0 bridgehead atoms. The lowest BCUT2D eigenvalue weighted by Gasteiger charge is -2.47. The number of rotatable bonds is 9. The molecule has 38 heavy (non-hydrogen) atoms. The second-order valence-electron chi connectivity index (χ2n) is 10.5. The number of tetrazole rings is 1. The number of carbonyl (C=O) groups excluding carboxylic acids is 3. The van der Waals surface area contributed by atoms with E-state index in [1.54, 1.807) is 11.8 Å². The fraction of sp³-hybridized carbons (Fsp3) is 0.696. The van der Waals surface area contributed by atoms with E-state index in [1.165, 1.54) is 27.7 Å². The van der Waals surface area contributed by atoms with Crippen LogP contribution in [-0.4, -0.2) is 108 Å². The molecule has 1 aromatic heterocycles. The number of β-lactam (4-membered cyclic amide) rings is 1. The first kappa shape index (κ1) is 26.6. The maximum Gasteiger partial charge on any atom is 0.353 e. The highest BCUT2D eigenvalue weighted by Crippen LogP contribution is 2.51. The fourth-order valence-corrected chi connectivity index (χ4v) is 7.46. The lowest BCUT2D eigenvalue weighted by atomic mass is 9.78. The molecule has 206 valence electrons. The summed E-state index contributed by atoms with van der Waals surface area (Å²) < 4.78 is 1.45. The first-order chi connectivity index (χ1) is 18.2. The summed E-state index contributed by atoms with van der Waals surface area (Å²) in [7, 11) is 0. The molecule has 5 rings (SSSR count). The highest BCUT2D eigenvalue weighted by Gasteiger charge is 2.60. The van der Waals surface area contributed by atoms with Gasteiger partial charge in [0.05, 0.1) is 24.5 Å². The number of nitrogens with one attached hydrogen (secondary N) is 2. The van der Waals surface area contributed by atoms with Crippen molar-refractivity contribution in [1.82, 2.24) is 40.6 Å². The number of nitrogens with zero attached hydrogens (tertiary/aromatic N) is 6. The van der Waals surface area contributed by atoms with E-state index < -0.39 is 17.9 Å². The van der Waals surface area contributed by atoms with Crippen LogP contribution in [0.3, 0.4) is 0 Å². The van der Waals surface area contributed by atoms with Crippen LogP contribution in [-0.2, 0) is 25.7 Å². The van der Waals surface area contributed by atoms with Gasteiger partial charge in [0.1, 0.15) is 12.0 Å². The number of nitrogens with two attached hydrogens (primary N) is 1. The third kappa shape index (κ3) is 4.89. The summed E-state index contributed by atoms with van der Waals surface area (Å²) in [5.74, 6) is -2.37. The van der Waals surface area contributed by atoms with Crippen molar-refractivity contribution in [2.75, 3.05) is 19.6 Å². The van der Waals surface area contributed by atoms with E-state index in [0.29, 0.717) is 37.5 Å². The molecule has 5 N–H and O–H groups in total. The van der Waals surface area contributed by atoms with Crippen LogP contribution in [0, 0.1) is 11.8 Å². The van der Waals surface area contributed by atoms with Crippen molar-refractivity contribution in [2.45, 2.75) is 69.1 Å². The number of aromatic nitrogens is 4. The zero-order valence-corrected chi connectivity index (χ0v) is 22.1. The Balaban J connectivity index is 1.21. The molecule has 1 aromatic rings. The Bertz CT molecular complexity index is 1140. The number of carboxylic acid groups (broad SMARTS) is 1. The van der Waals surface area contributed by atoms with Gasteiger partial charge < -0.3 is 31.3 Å². The Labute approximate surface area is 223 Å². The van der Waals surface area contributed by atoms with Gasteiger partial charge in [0.25, 0.3) is 0 Å². The molecule has 3 fully saturated rings. The van der Waals surface area contributed by atoms with Gasteiger partial charge in [-0.15, -0.1) is 16.9 Å². The maximum atomic E-state index is 13.1. The quantitative estimate of drug-likeness (QED) is 0.260. The first-order valence-electron chi connectivity index (χ1n) is 12.9. The monoisotopic (exact) mass is 547 g/mol. The number of fused-ring (bicyclic) bond motifs is 1. The van der Waals surface area contributed by atoms with Gasteiger partial charge in [-0.25, -0.2) is 9.48 Å². The van der Waals surface area contributed by atoms with Gasteiger partial charge in [-0.05, 0) is 30.2 Å². The Kier molecular flexibility index (Phi) is 7.42. The molecule has 0 radical (unpaired) electrons. The van der Waals surface area contributed by atoms with E-state index in [2.05, 4.69) is 26.2 Å². The largest absolute Gasteiger partial charge is 0.477 e. The van der Waals surface area contributed by atoms with Crippen LogP contribution >= 0.6 is 11.8 Å². The number of amides is 3. The van der Waals surface area contributed by atoms with E-state index in [1.807, 2.05) is 6.92 Å². The zero-order valence-electron chi connectivity index (χ0n) is 21.3. The Morgan fingerprint density at radius 1 is 1.37 bits per heavy atom. The number of likely N-dealkylation sites (tertiary alicyclic amines) is 1. The predicted octanol–water partition coefficient (Wildman–Crippen LogP) is -1.64. The molecule has 14 nitrogen and oxygen atoms in total. The van der Waals surface area contributed by atoms with Gasteiger partial charge >= 0.3 is 5.97 Å². The van der Waals surface area contributed by atoms with Gasteiger partial charge in [-0.1, -0.05) is 6.92 Å². The number of aliphatic carboxylic acids is 1. The average Bonchev–Trinajstić information content (AvgIpc) is 3.66. The summed E-state index contributed by atoms with van der Waals surface area (Å²) in [6, 6.07) is -1.11. The van der Waals surface area contributed by atoms with Crippen molar-refractivity contribution in [3.63, 3.8) is 0 Å². The Hall–Kier alpha value is -3.04. The molecule has 3 saturated heterocycles. The van der Waals surface area contributed by atoms with Crippen molar-refractivity contribution in [1.29, 1.82) is 0 Å². The van der Waals surface area contributed by atoms with Gasteiger partial charge in [-0.2, -0.15) is 0 Å². The van der Waals surface area contributed by atoms with Gasteiger partial charge in [-0.3, -0.25) is 14.4 Å². The van der Waals surface area contributed by atoms with Crippen LogP contribution in [0.5, 0.6) is 0 Å². The molecule has 7 atom stereocenters. The number of hydrogen-bond donors (Lipinski definition) is 4. The van der Waals surface area contributed by atoms with Gasteiger partial charge in [0, 0.05) is 54.2 Å². The van der Waals surface area contributed by atoms with Crippen LogP contribution in [0.1, 0.15) is 33.1 Å². The number of hydrogen-bond acceptors (Lipinski definition) is 10. The molecule has 3 amide bonds. The first-order valence-corrected chi connectivity index (χ1v) is 13.8. The summed E-state index contributed by atoms with van der Waals surface area (Å²) in [6.45, 7) is 5.80. The molecule has 15 heteroatoms. The summed E-state index contributed by atoms with van der Waals surface area (Å²) in [5.41, 5.74) is 5.97. The maximum absolute atomic E-state index is 13.1.